The van der Waals surface area contributed by atoms with Crippen LogP contribution in [-0.2, 0) is 4.79 Å². The van der Waals surface area contributed by atoms with Gasteiger partial charge >= 0.3 is 6.18 Å². The van der Waals surface area contributed by atoms with Crippen molar-refractivity contribution in [2.24, 2.45) is 0 Å². The zero-order valence-electron chi connectivity index (χ0n) is 8.72. The molecular weight excluding hydrogens is 275 g/mol. The van der Waals surface area contributed by atoms with Crippen LogP contribution in [0.4, 0.5) is 18.9 Å². The number of rotatable bonds is 3. The molecule has 0 fully saturated rings. The maximum absolute atomic E-state index is 12.2. The van der Waals surface area contributed by atoms with Gasteiger partial charge in [0.05, 0.1) is 0 Å². The first-order chi connectivity index (χ1) is 7.79. The Labute approximate surface area is 106 Å². The quantitative estimate of drug-likeness (QED) is 0.674. The summed E-state index contributed by atoms with van der Waals surface area (Å²) in [6.45, 7) is 1.35. The van der Waals surface area contributed by atoms with Crippen LogP contribution in [0.15, 0.2) is 29.2 Å². The fourth-order valence-electron chi connectivity index (χ4n) is 1.01. The molecule has 94 valence electrons. The molecule has 1 rings (SSSR count). The summed E-state index contributed by atoms with van der Waals surface area (Å²) in [5.74, 6) is -0.240. The Morgan fingerprint density at radius 3 is 2.29 bits per heavy atom. The largest absolute Gasteiger partial charge is 0.414 e. The van der Waals surface area contributed by atoms with Gasteiger partial charge in [0.15, 0.2) is 4.71 Å². The van der Waals surface area contributed by atoms with Crippen molar-refractivity contribution in [3.8, 4) is 0 Å². The lowest BCUT2D eigenvalue weighted by atomic mass is 10.3. The first-order valence-electron chi connectivity index (χ1n) is 4.54. The number of thioether (sulfide) groups is 1. The number of halogens is 4. The predicted molar refractivity (Wildman–Crippen MR) is 62.3 cm³/mol. The fourth-order valence-corrected chi connectivity index (χ4v) is 1.98. The molecule has 0 bridgehead atoms. The van der Waals surface area contributed by atoms with Gasteiger partial charge in [0.2, 0.25) is 5.91 Å². The van der Waals surface area contributed by atoms with Gasteiger partial charge in [-0.05, 0) is 24.3 Å². The molecule has 2 nitrogen and oxygen atoms in total. The highest BCUT2D eigenvalue weighted by atomic mass is 35.5. The van der Waals surface area contributed by atoms with Crippen molar-refractivity contribution in [2.45, 2.75) is 22.7 Å². The van der Waals surface area contributed by atoms with E-state index < -0.39 is 10.9 Å². The number of amides is 1. The molecule has 1 amide bonds. The standard InChI is InChI=1S/C10H9ClF3NOS/c1-6(16)15-7-2-4-8(5-3-7)17-9(11)10(12,13)14/h2-5,9H,1H3,(H,15,16). The van der Waals surface area contributed by atoms with Gasteiger partial charge in [-0.1, -0.05) is 11.8 Å². The van der Waals surface area contributed by atoms with Crippen molar-refractivity contribution < 1.29 is 18.0 Å². The summed E-state index contributed by atoms with van der Waals surface area (Å²) in [5.41, 5.74) is 0.528. The predicted octanol–water partition coefficient (Wildman–Crippen LogP) is 3.86. The van der Waals surface area contributed by atoms with E-state index in [1.54, 1.807) is 0 Å². The monoisotopic (exact) mass is 283 g/mol. The average Bonchev–Trinajstić information content (AvgIpc) is 2.18. The van der Waals surface area contributed by atoms with Gasteiger partial charge in [-0.2, -0.15) is 13.2 Å². The zero-order chi connectivity index (χ0) is 13.1. The molecule has 1 unspecified atom stereocenters. The molecule has 0 aliphatic heterocycles. The van der Waals surface area contributed by atoms with Crippen LogP contribution in [0.25, 0.3) is 0 Å². The van der Waals surface area contributed by atoms with Crippen LogP contribution in [0.1, 0.15) is 6.92 Å². The van der Waals surface area contributed by atoms with Gasteiger partial charge in [0, 0.05) is 17.5 Å². The van der Waals surface area contributed by atoms with E-state index in [1.807, 2.05) is 0 Å². The first-order valence-corrected chi connectivity index (χ1v) is 5.86. The van der Waals surface area contributed by atoms with E-state index in [0.717, 1.165) is 0 Å². The smallest absolute Gasteiger partial charge is 0.326 e. The number of hydrogen-bond donors (Lipinski definition) is 1. The highest BCUT2D eigenvalue weighted by Gasteiger charge is 2.38. The van der Waals surface area contributed by atoms with Gasteiger partial charge in [-0.15, -0.1) is 11.6 Å². The summed E-state index contributed by atoms with van der Waals surface area (Å²) in [6.07, 6.45) is -4.44. The van der Waals surface area contributed by atoms with E-state index in [-0.39, 0.29) is 5.91 Å². The van der Waals surface area contributed by atoms with Gasteiger partial charge in [0.25, 0.3) is 0 Å². The molecule has 0 heterocycles. The zero-order valence-corrected chi connectivity index (χ0v) is 10.3. The molecule has 0 aliphatic carbocycles. The van der Waals surface area contributed by atoms with E-state index in [9.17, 15) is 18.0 Å². The van der Waals surface area contributed by atoms with Gasteiger partial charge in [0.1, 0.15) is 0 Å². The molecule has 0 spiro atoms. The molecule has 7 heteroatoms. The van der Waals surface area contributed by atoms with E-state index in [2.05, 4.69) is 5.32 Å². The molecule has 1 aromatic carbocycles. The topological polar surface area (TPSA) is 29.1 Å². The van der Waals surface area contributed by atoms with Crippen LogP contribution in [-0.4, -0.2) is 16.8 Å². The summed E-state index contributed by atoms with van der Waals surface area (Å²) in [4.78, 5) is 11.1. The summed E-state index contributed by atoms with van der Waals surface area (Å²) in [5, 5.41) is 2.51. The molecule has 0 aliphatic rings. The first kappa shape index (κ1) is 14.2. The minimum atomic E-state index is -4.44. The number of carbonyl (C=O) groups excluding carboxylic acids is 1. The third-order valence-electron chi connectivity index (χ3n) is 1.67. The van der Waals surface area contributed by atoms with Crippen molar-refractivity contribution in [1.29, 1.82) is 0 Å². The van der Waals surface area contributed by atoms with Crippen LogP contribution < -0.4 is 5.32 Å². The number of nitrogens with one attached hydrogen (secondary N) is 1. The van der Waals surface area contributed by atoms with Crippen molar-refractivity contribution in [1.82, 2.24) is 0 Å². The molecule has 0 radical (unpaired) electrons. The number of benzene rings is 1. The maximum atomic E-state index is 12.2. The lowest BCUT2D eigenvalue weighted by Gasteiger charge is -2.13. The van der Waals surface area contributed by atoms with Gasteiger partial charge < -0.3 is 5.32 Å². The van der Waals surface area contributed by atoms with Crippen molar-refractivity contribution in [3.05, 3.63) is 24.3 Å². The van der Waals surface area contributed by atoms with E-state index >= 15 is 0 Å². The van der Waals surface area contributed by atoms with Crippen LogP contribution in [0.5, 0.6) is 0 Å². The van der Waals surface area contributed by atoms with Crippen LogP contribution in [0, 0.1) is 0 Å². The number of anilines is 1. The van der Waals surface area contributed by atoms with Crippen LogP contribution >= 0.6 is 23.4 Å². The molecule has 0 saturated heterocycles. The number of hydrogen-bond acceptors (Lipinski definition) is 2. The normalized spacial score (nSPS) is 13.2. The number of alkyl halides is 4. The lowest BCUT2D eigenvalue weighted by molar-refractivity contribution is -0.114. The Morgan fingerprint density at radius 2 is 1.88 bits per heavy atom. The van der Waals surface area contributed by atoms with Crippen molar-refractivity contribution in [3.63, 3.8) is 0 Å². The van der Waals surface area contributed by atoms with Crippen LogP contribution in [0.3, 0.4) is 0 Å². The number of carbonyl (C=O) groups is 1. The summed E-state index contributed by atoms with van der Waals surface area (Å²) in [7, 11) is 0. The Balaban J connectivity index is 2.65. The Morgan fingerprint density at radius 1 is 1.35 bits per heavy atom. The molecular formula is C10H9ClF3NOS. The average molecular weight is 284 g/mol. The minimum Gasteiger partial charge on any atom is -0.326 e. The van der Waals surface area contributed by atoms with E-state index in [1.165, 1.54) is 31.2 Å². The van der Waals surface area contributed by atoms with E-state index in [0.29, 0.717) is 22.3 Å². The van der Waals surface area contributed by atoms with Gasteiger partial charge in [-0.25, -0.2) is 0 Å². The Kier molecular flexibility index (Phi) is 4.70. The summed E-state index contributed by atoms with van der Waals surface area (Å²) in [6, 6.07) is 5.97. The van der Waals surface area contributed by atoms with Crippen molar-refractivity contribution >= 4 is 35.0 Å². The SMILES string of the molecule is CC(=O)Nc1ccc(SC(Cl)C(F)(F)F)cc1. The molecule has 0 aromatic heterocycles. The summed E-state index contributed by atoms with van der Waals surface area (Å²) < 4.78 is 34.6. The second kappa shape index (κ2) is 5.64. The molecule has 1 aromatic rings. The van der Waals surface area contributed by atoms with Gasteiger partial charge in [-0.3, -0.25) is 4.79 Å². The molecule has 0 saturated carbocycles. The van der Waals surface area contributed by atoms with E-state index in [4.69, 9.17) is 11.6 Å². The third kappa shape index (κ3) is 4.87. The fraction of sp³-hybridized carbons (Fsp3) is 0.300. The maximum Gasteiger partial charge on any atom is 0.414 e. The Hall–Kier alpha value is -0.880. The Bertz CT molecular complexity index is 394. The summed E-state index contributed by atoms with van der Waals surface area (Å²) >= 11 is 5.69. The highest BCUT2D eigenvalue weighted by molar-refractivity contribution is 8.01. The molecule has 1 N–H and O–H groups in total. The highest BCUT2D eigenvalue weighted by Crippen LogP contribution is 2.37. The molecule has 1 atom stereocenters. The second-order valence-electron chi connectivity index (χ2n) is 3.18. The molecule has 17 heavy (non-hydrogen) atoms. The van der Waals surface area contributed by atoms with Crippen molar-refractivity contribution in [2.75, 3.05) is 5.32 Å². The lowest BCUT2D eigenvalue weighted by Crippen LogP contribution is -2.19. The minimum absolute atomic E-state index is 0.240. The van der Waals surface area contributed by atoms with Crippen LogP contribution in [0.2, 0.25) is 0 Å². The third-order valence-corrected chi connectivity index (χ3v) is 3.20. The second-order valence-corrected chi connectivity index (χ2v) is 5.05.